The first kappa shape index (κ1) is 16.4. The molecule has 0 amide bonds. The van der Waals surface area contributed by atoms with E-state index in [4.69, 9.17) is 16.1 Å². The Morgan fingerprint density at radius 1 is 0.808 bits per heavy atom. The summed E-state index contributed by atoms with van der Waals surface area (Å²) in [4.78, 5) is 0. The van der Waals surface area contributed by atoms with Crippen molar-refractivity contribution in [1.82, 2.24) is 5.16 Å². The van der Waals surface area contributed by atoms with Gasteiger partial charge in [0.05, 0.1) is 16.1 Å². The van der Waals surface area contributed by atoms with Crippen molar-refractivity contribution in [1.29, 1.82) is 0 Å². The topological polar surface area (TPSA) is 46.3 Å². The average molecular weight is 366 g/mol. The molecule has 4 rings (SSSR count). The second kappa shape index (κ2) is 6.65. The molecule has 1 heterocycles. The van der Waals surface area contributed by atoms with Crippen LogP contribution in [0, 0.1) is 5.82 Å². The summed E-state index contributed by atoms with van der Waals surface area (Å²) in [6.45, 7) is 0. The molecule has 26 heavy (non-hydrogen) atoms. The van der Waals surface area contributed by atoms with Crippen molar-refractivity contribution in [3.05, 3.63) is 83.6 Å². The molecule has 0 bridgehead atoms. The minimum Gasteiger partial charge on any atom is -0.508 e. The Bertz CT molecular complexity index is 1040. The van der Waals surface area contributed by atoms with Gasteiger partial charge < -0.3 is 9.63 Å². The monoisotopic (exact) mass is 365 g/mol. The summed E-state index contributed by atoms with van der Waals surface area (Å²) in [5, 5.41) is 13.9. The van der Waals surface area contributed by atoms with Crippen LogP contribution in [0.15, 0.2) is 77.3 Å². The van der Waals surface area contributed by atoms with E-state index >= 15 is 0 Å². The average Bonchev–Trinajstić information content (AvgIpc) is 3.07. The largest absolute Gasteiger partial charge is 0.508 e. The van der Waals surface area contributed by atoms with Crippen LogP contribution in [0.5, 0.6) is 5.75 Å². The second-order valence-corrected chi connectivity index (χ2v) is 6.15. The zero-order valence-electron chi connectivity index (χ0n) is 13.5. The molecule has 4 aromatic rings. The number of halogens is 2. The summed E-state index contributed by atoms with van der Waals surface area (Å²) in [5.74, 6) is 0.151. The molecule has 0 radical (unpaired) electrons. The fraction of sp³-hybridized carbons (Fsp3) is 0. The molecule has 3 aromatic carbocycles. The van der Waals surface area contributed by atoms with Crippen LogP contribution in [0.1, 0.15) is 0 Å². The maximum absolute atomic E-state index is 14.5. The number of aromatic nitrogens is 1. The maximum Gasteiger partial charge on any atom is 0.175 e. The normalized spacial score (nSPS) is 10.8. The number of aromatic hydroxyl groups is 1. The molecule has 1 aromatic heterocycles. The van der Waals surface area contributed by atoms with E-state index in [1.54, 1.807) is 36.4 Å². The summed E-state index contributed by atoms with van der Waals surface area (Å²) in [6, 6.07) is 20.5. The summed E-state index contributed by atoms with van der Waals surface area (Å²) in [6.07, 6.45) is 0. The van der Waals surface area contributed by atoms with Gasteiger partial charge in [-0.25, -0.2) is 4.39 Å². The molecular weight excluding hydrogens is 353 g/mol. The number of phenolic OH excluding ortho intramolecular Hbond substituents is 1. The van der Waals surface area contributed by atoms with E-state index in [1.165, 1.54) is 6.07 Å². The van der Waals surface area contributed by atoms with Gasteiger partial charge in [0.25, 0.3) is 0 Å². The van der Waals surface area contributed by atoms with Crippen molar-refractivity contribution in [2.45, 2.75) is 0 Å². The van der Waals surface area contributed by atoms with Crippen molar-refractivity contribution in [2.24, 2.45) is 0 Å². The smallest absolute Gasteiger partial charge is 0.175 e. The van der Waals surface area contributed by atoms with Crippen molar-refractivity contribution >= 4 is 11.6 Å². The molecule has 0 unspecified atom stereocenters. The molecule has 0 atom stereocenters. The van der Waals surface area contributed by atoms with E-state index in [9.17, 15) is 9.50 Å². The van der Waals surface area contributed by atoms with Crippen LogP contribution in [-0.4, -0.2) is 10.3 Å². The van der Waals surface area contributed by atoms with Crippen LogP contribution < -0.4 is 0 Å². The van der Waals surface area contributed by atoms with E-state index < -0.39 is 5.82 Å². The lowest BCUT2D eigenvalue weighted by atomic mass is 9.96. The Labute approximate surface area is 154 Å². The molecule has 0 saturated carbocycles. The van der Waals surface area contributed by atoms with Gasteiger partial charge in [-0.05, 0) is 42.0 Å². The van der Waals surface area contributed by atoms with Gasteiger partial charge in [-0.15, -0.1) is 0 Å². The van der Waals surface area contributed by atoms with Crippen LogP contribution in [0.3, 0.4) is 0 Å². The highest BCUT2D eigenvalue weighted by Gasteiger charge is 2.24. The first-order valence-corrected chi connectivity index (χ1v) is 8.32. The Balaban J connectivity index is 2.01. The molecule has 0 aliphatic carbocycles. The zero-order chi connectivity index (χ0) is 18.1. The highest BCUT2D eigenvalue weighted by Crippen LogP contribution is 2.42. The minimum atomic E-state index is -0.472. The predicted octanol–water partition coefficient (Wildman–Crippen LogP) is 6.17. The molecule has 128 valence electrons. The van der Waals surface area contributed by atoms with E-state index in [1.807, 2.05) is 30.3 Å². The molecular formula is C21H13ClFNO2. The van der Waals surface area contributed by atoms with Crippen molar-refractivity contribution in [3.63, 3.8) is 0 Å². The lowest BCUT2D eigenvalue weighted by molar-refractivity contribution is 0.434. The highest BCUT2D eigenvalue weighted by atomic mass is 35.5. The molecule has 0 fully saturated rings. The summed E-state index contributed by atoms with van der Waals surface area (Å²) >= 11 is 6.24. The number of benzene rings is 3. The molecule has 0 aliphatic rings. The summed E-state index contributed by atoms with van der Waals surface area (Å²) < 4.78 is 20.1. The third kappa shape index (κ3) is 2.85. The van der Waals surface area contributed by atoms with Crippen LogP contribution in [0.25, 0.3) is 33.7 Å². The van der Waals surface area contributed by atoms with Crippen LogP contribution in [0.4, 0.5) is 4.39 Å². The standard InChI is InChI=1S/C21H13ClFNO2/c22-16-7-4-8-17(23)19(16)20-18(13-5-2-1-3-6-13)21(26-24-20)14-9-11-15(25)12-10-14/h1-12,25H. The quantitative estimate of drug-likeness (QED) is 0.472. The lowest BCUT2D eigenvalue weighted by Gasteiger charge is -2.07. The fourth-order valence-corrected chi connectivity index (χ4v) is 3.12. The lowest BCUT2D eigenvalue weighted by Crippen LogP contribution is -1.89. The van der Waals surface area contributed by atoms with Crippen LogP contribution in [-0.2, 0) is 0 Å². The number of hydrogen-bond acceptors (Lipinski definition) is 3. The first-order valence-electron chi connectivity index (χ1n) is 7.94. The van der Waals surface area contributed by atoms with E-state index in [0.717, 1.165) is 5.56 Å². The Morgan fingerprint density at radius 2 is 1.54 bits per heavy atom. The molecule has 0 saturated heterocycles. The Kier molecular flexibility index (Phi) is 4.19. The third-order valence-electron chi connectivity index (χ3n) is 4.08. The third-order valence-corrected chi connectivity index (χ3v) is 4.40. The van der Waals surface area contributed by atoms with Crippen LogP contribution >= 0.6 is 11.6 Å². The fourth-order valence-electron chi connectivity index (χ4n) is 2.87. The van der Waals surface area contributed by atoms with E-state index in [0.29, 0.717) is 22.6 Å². The van der Waals surface area contributed by atoms with Gasteiger partial charge in [0, 0.05) is 5.56 Å². The number of phenols is 1. The van der Waals surface area contributed by atoms with Crippen molar-refractivity contribution in [2.75, 3.05) is 0 Å². The number of hydrogen-bond donors (Lipinski definition) is 1. The second-order valence-electron chi connectivity index (χ2n) is 5.74. The SMILES string of the molecule is Oc1ccc(-c2onc(-c3c(F)cccc3Cl)c2-c2ccccc2)cc1. The van der Waals surface area contributed by atoms with Gasteiger partial charge >= 0.3 is 0 Å². The zero-order valence-corrected chi connectivity index (χ0v) is 14.2. The minimum absolute atomic E-state index is 0.145. The van der Waals surface area contributed by atoms with Gasteiger partial charge in [-0.3, -0.25) is 0 Å². The van der Waals surface area contributed by atoms with Crippen molar-refractivity contribution < 1.29 is 14.0 Å². The molecule has 5 heteroatoms. The molecule has 1 N–H and O–H groups in total. The van der Waals surface area contributed by atoms with Crippen LogP contribution in [0.2, 0.25) is 5.02 Å². The van der Waals surface area contributed by atoms with Crippen molar-refractivity contribution in [3.8, 4) is 39.5 Å². The molecule has 0 aliphatic heterocycles. The van der Waals surface area contributed by atoms with E-state index in [-0.39, 0.29) is 16.3 Å². The van der Waals surface area contributed by atoms with E-state index in [2.05, 4.69) is 5.16 Å². The molecule has 0 spiro atoms. The Hall–Kier alpha value is -3.11. The first-order chi connectivity index (χ1) is 12.6. The van der Waals surface area contributed by atoms with Gasteiger partial charge in [0.15, 0.2) is 5.76 Å². The van der Waals surface area contributed by atoms with Gasteiger partial charge in [-0.2, -0.15) is 0 Å². The number of nitrogens with zero attached hydrogens (tertiary/aromatic N) is 1. The van der Waals surface area contributed by atoms with Gasteiger partial charge in [-0.1, -0.05) is 53.2 Å². The highest BCUT2D eigenvalue weighted by molar-refractivity contribution is 6.33. The predicted molar refractivity (Wildman–Crippen MR) is 99.4 cm³/mol. The summed E-state index contributed by atoms with van der Waals surface area (Å²) in [7, 11) is 0. The van der Waals surface area contributed by atoms with Gasteiger partial charge in [0.1, 0.15) is 17.3 Å². The number of rotatable bonds is 3. The Morgan fingerprint density at radius 3 is 2.23 bits per heavy atom. The molecule has 3 nitrogen and oxygen atoms in total. The van der Waals surface area contributed by atoms with Gasteiger partial charge in [0.2, 0.25) is 0 Å². The summed E-state index contributed by atoms with van der Waals surface area (Å²) in [5.41, 5.74) is 2.71. The maximum atomic E-state index is 14.5.